The van der Waals surface area contributed by atoms with Gasteiger partial charge < -0.3 is 9.30 Å². The number of piperidine rings is 1. The molecule has 6 nitrogen and oxygen atoms in total. The number of carbonyl (C=O) groups is 1. The first-order valence-corrected chi connectivity index (χ1v) is 6.60. The molecule has 2 heterocycles. The maximum Gasteiger partial charge on any atom is 0.312 e. The van der Waals surface area contributed by atoms with Gasteiger partial charge in [0, 0.05) is 18.6 Å². The predicted octanol–water partition coefficient (Wildman–Crippen LogP) is 1.11. The molecule has 0 aromatic carbocycles. The van der Waals surface area contributed by atoms with Crippen molar-refractivity contribution < 1.29 is 9.53 Å². The molecule has 0 bridgehead atoms. The standard InChI is InChI=1S/C13H22N4O2/c1-13(2,3)17-6-5-11(16-8-14-15-9-16)10(7-17)12(18)19-4/h8-11H,5-7H2,1-4H3. The molecule has 0 N–H and O–H groups in total. The van der Waals surface area contributed by atoms with Crippen LogP contribution in [0.15, 0.2) is 12.7 Å². The second kappa shape index (κ2) is 5.28. The molecule has 2 atom stereocenters. The van der Waals surface area contributed by atoms with E-state index in [0.717, 1.165) is 13.0 Å². The number of rotatable bonds is 2. The Morgan fingerprint density at radius 1 is 1.32 bits per heavy atom. The third-order valence-electron chi connectivity index (χ3n) is 3.85. The van der Waals surface area contributed by atoms with E-state index in [0.29, 0.717) is 6.54 Å². The van der Waals surface area contributed by atoms with Gasteiger partial charge in [-0.3, -0.25) is 9.69 Å². The number of carbonyl (C=O) groups excluding carboxylic acids is 1. The summed E-state index contributed by atoms with van der Waals surface area (Å²) in [5.74, 6) is -0.332. The van der Waals surface area contributed by atoms with Crippen LogP contribution in [0.5, 0.6) is 0 Å². The summed E-state index contributed by atoms with van der Waals surface area (Å²) in [6.45, 7) is 8.17. The average molecular weight is 266 g/mol. The molecule has 0 aliphatic carbocycles. The van der Waals surface area contributed by atoms with E-state index in [1.807, 2.05) is 4.57 Å². The van der Waals surface area contributed by atoms with E-state index in [-0.39, 0.29) is 23.5 Å². The van der Waals surface area contributed by atoms with Gasteiger partial charge in [-0.25, -0.2) is 0 Å². The van der Waals surface area contributed by atoms with Crippen molar-refractivity contribution in [2.24, 2.45) is 5.92 Å². The summed E-state index contributed by atoms with van der Waals surface area (Å²) in [4.78, 5) is 14.4. The summed E-state index contributed by atoms with van der Waals surface area (Å²) in [7, 11) is 1.45. The summed E-state index contributed by atoms with van der Waals surface area (Å²) in [5.41, 5.74) is 0.0599. The first kappa shape index (κ1) is 14.0. The molecule has 1 aromatic rings. The van der Waals surface area contributed by atoms with Crippen LogP contribution in [0.2, 0.25) is 0 Å². The van der Waals surface area contributed by atoms with Crippen LogP contribution in [0, 0.1) is 5.92 Å². The Hall–Kier alpha value is -1.43. The largest absolute Gasteiger partial charge is 0.469 e. The number of aromatic nitrogens is 3. The second-order valence-corrected chi connectivity index (χ2v) is 6.01. The van der Waals surface area contributed by atoms with Crippen LogP contribution < -0.4 is 0 Å². The van der Waals surface area contributed by atoms with Crippen LogP contribution in [-0.4, -0.2) is 51.4 Å². The van der Waals surface area contributed by atoms with Gasteiger partial charge in [0.15, 0.2) is 0 Å². The molecule has 1 aliphatic rings. The van der Waals surface area contributed by atoms with Crippen molar-refractivity contribution in [3.8, 4) is 0 Å². The highest BCUT2D eigenvalue weighted by atomic mass is 16.5. The van der Waals surface area contributed by atoms with Crippen molar-refractivity contribution in [2.45, 2.75) is 38.8 Å². The predicted molar refractivity (Wildman–Crippen MR) is 70.5 cm³/mol. The first-order valence-electron chi connectivity index (χ1n) is 6.60. The summed E-state index contributed by atoms with van der Waals surface area (Å²) in [6, 6.07) is 0.0843. The number of nitrogens with zero attached hydrogens (tertiary/aromatic N) is 4. The molecule has 1 aliphatic heterocycles. The third kappa shape index (κ3) is 2.94. The number of methoxy groups -OCH3 is 1. The summed E-state index contributed by atoms with van der Waals surface area (Å²) in [6.07, 6.45) is 4.25. The molecule has 0 spiro atoms. The average Bonchev–Trinajstić information content (AvgIpc) is 2.89. The normalized spacial score (nSPS) is 25.3. The fourth-order valence-electron chi connectivity index (χ4n) is 2.67. The Morgan fingerprint density at radius 3 is 2.47 bits per heavy atom. The van der Waals surface area contributed by atoms with E-state index in [4.69, 9.17) is 4.74 Å². The Labute approximate surface area is 113 Å². The molecule has 2 rings (SSSR count). The molecule has 1 saturated heterocycles. The van der Waals surface area contributed by atoms with Crippen molar-refractivity contribution in [3.05, 3.63) is 12.7 Å². The zero-order valence-electron chi connectivity index (χ0n) is 12.0. The molecule has 106 valence electrons. The van der Waals surface area contributed by atoms with Crippen LogP contribution in [-0.2, 0) is 9.53 Å². The molecule has 19 heavy (non-hydrogen) atoms. The van der Waals surface area contributed by atoms with Gasteiger partial charge in [-0.15, -0.1) is 10.2 Å². The van der Waals surface area contributed by atoms with E-state index in [1.165, 1.54) is 7.11 Å². The Bertz CT molecular complexity index is 424. The van der Waals surface area contributed by atoms with Crippen LogP contribution in [0.25, 0.3) is 0 Å². The zero-order chi connectivity index (χ0) is 14.0. The van der Waals surface area contributed by atoms with Crippen LogP contribution in [0.1, 0.15) is 33.2 Å². The van der Waals surface area contributed by atoms with E-state index in [2.05, 4.69) is 35.9 Å². The SMILES string of the molecule is COC(=O)C1CN(C(C)(C)C)CCC1n1cnnc1. The molecule has 2 unspecified atom stereocenters. The van der Waals surface area contributed by atoms with Crippen LogP contribution >= 0.6 is 0 Å². The van der Waals surface area contributed by atoms with Crippen molar-refractivity contribution in [1.82, 2.24) is 19.7 Å². The van der Waals surface area contributed by atoms with E-state index in [1.54, 1.807) is 12.7 Å². The summed E-state index contributed by atoms with van der Waals surface area (Å²) in [5, 5.41) is 7.66. The van der Waals surface area contributed by atoms with Gasteiger partial charge in [0.05, 0.1) is 19.1 Å². The number of likely N-dealkylation sites (tertiary alicyclic amines) is 1. The highest BCUT2D eigenvalue weighted by molar-refractivity contribution is 5.73. The lowest BCUT2D eigenvalue weighted by molar-refractivity contribution is -0.150. The van der Waals surface area contributed by atoms with Crippen molar-refractivity contribution in [1.29, 1.82) is 0 Å². The molecule has 0 radical (unpaired) electrons. The first-order chi connectivity index (χ1) is 8.93. The van der Waals surface area contributed by atoms with Crippen LogP contribution in [0.4, 0.5) is 0 Å². The van der Waals surface area contributed by atoms with Gasteiger partial charge in [-0.05, 0) is 27.2 Å². The van der Waals surface area contributed by atoms with Gasteiger partial charge in [0.2, 0.25) is 0 Å². The third-order valence-corrected chi connectivity index (χ3v) is 3.85. The van der Waals surface area contributed by atoms with Gasteiger partial charge in [0.1, 0.15) is 12.7 Å². The molecular weight excluding hydrogens is 244 g/mol. The molecule has 0 saturated carbocycles. The van der Waals surface area contributed by atoms with Crippen molar-refractivity contribution in [3.63, 3.8) is 0 Å². The Kier molecular flexibility index (Phi) is 3.89. The number of esters is 1. The van der Waals surface area contributed by atoms with E-state index >= 15 is 0 Å². The van der Waals surface area contributed by atoms with E-state index < -0.39 is 0 Å². The lowest BCUT2D eigenvalue weighted by Crippen LogP contribution is -2.52. The van der Waals surface area contributed by atoms with E-state index in [9.17, 15) is 4.79 Å². The van der Waals surface area contributed by atoms with Gasteiger partial charge >= 0.3 is 5.97 Å². The highest BCUT2D eigenvalue weighted by Gasteiger charge is 2.39. The Balaban J connectivity index is 2.20. The highest BCUT2D eigenvalue weighted by Crippen LogP contribution is 2.32. The van der Waals surface area contributed by atoms with Gasteiger partial charge in [-0.2, -0.15) is 0 Å². The molecular formula is C13H22N4O2. The van der Waals surface area contributed by atoms with Gasteiger partial charge in [0.25, 0.3) is 0 Å². The monoisotopic (exact) mass is 266 g/mol. The molecule has 6 heteroatoms. The number of hydrogen-bond donors (Lipinski definition) is 0. The topological polar surface area (TPSA) is 60.2 Å². The number of hydrogen-bond acceptors (Lipinski definition) is 5. The quantitative estimate of drug-likeness (QED) is 0.751. The summed E-state index contributed by atoms with van der Waals surface area (Å²) < 4.78 is 6.88. The summed E-state index contributed by atoms with van der Waals surface area (Å²) >= 11 is 0. The molecule has 0 amide bonds. The Morgan fingerprint density at radius 2 is 1.95 bits per heavy atom. The van der Waals surface area contributed by atoms with Crippen molar-refractivity contribution in [2.75, 3.05) is 20.2 Å². The lowest BCUT2D eigenvalue weighted by Gasteiger charge is -2.44. The second-order valence-electron chi connectivity index (χ2n) is 6.01. The molecule has 1 fully saturated rings. The van der Waals surface area contributed by atoms with Gasteiger partial charge in [-0.1, -0.05) is 0 Å². The minimum atomic E-state index is -0.172. The fourth-order valence-corrected chi connectivity index (χ4v) is 2.67. The lowest BCUT2D eigenvalue weighted by atomic mass is 9.89. The van der Waals surface area contributed by atoms with Crippen LogP contribution in [0.3, 0.4) is 0 Å². The minimum absolute atomic E-state index is 0.0599. The fraction of sp³-hybridized carbons (Fsp3) is 0.769. The van der Waals surface area contributed by atoms with Crippen molar-refractivity contribution >= 4 is 5.97 Å². The molecule has 1 aromatic heterocycles. The smallest absolute Gasteiger partial charge is 0.312 e. The zero-order valence-corrected chi connectivity index (χ0v) is 12.0. The minimum Gasteiger partial charge on any atom is -0.469 e. The maximum atomic E-state index is 12.0. The maximum absolute atomic E-state index is 12.0. The number of ether oxygens (including phenoxy) is 1.